The number of amides is 1. The van der Waals surface area contributed by atoms with Crippen LogP contribution >= 0.6 is 0 Å². The molecule has 1 amide bonds. The van der Waals surface area contributed by atoms with E-state index in [1.54, 1.807) is 0 Å². The van der Waals surface area contributed by atoms with E-state index in [0.29, 0.717) is 0 Å². The number of carboxylic acids is 1. The first-order chi connectivity index (χ1) is 6.95. The van der Waals surface area contributed by atoms with Crippen LogP contribution in [0, 0.1) is 5.92 Å². The molecule has 6 nitrogen and oxygen atoms in total. The van der Waals surface area contributed by atoms with Gasteiger partial charge in [-0.15, -0.1) is 0 Å². The van der Waals surface area contributed by atoms with E-state index < -0.39 is 41.8 Å². The zero-order valence-corrected chi connectivity index (χ0v) is 8.08. The van der Waals surface area contributed by atoms with Crippen molar-refractivity contribution >= 4 is 17.7 Å². The molecule has 2 aliphatic rings. The Labute approximate surface area is 85.5 Å². The number of rotatable bonds is 2. The van der Waals surface area contributed by atoms with E-state index in [4.69, 9.17) is 5.11 Å². The van der Waals surface area contributed by atoms with Crippen LogP contribution in [0.5, 0.6) is 0 Å². The van der Waals surface area contributed by atoms with Crippen LogP contribution in [0.4, 0.5) is 0 Å². The van der Waals surface area contributed by atoms with E-state index in [2.05, 4.69) is 0 Å². The van der Waals surface area contributed by atoms with Gasteiger partial charge < -0.3 is 15.1 Å². The summed E-state index contributed by atoms with van der Waals surface area (Å²) in [6.07, 6.45) is -0.794. The van der Waals surface area contributed by atoms with Crippen molar-refractivity contribution in [1.29, 1.82) is 0 Å². The molecule has 0 bridgehead atoms. The third-order valence-corrected chi connectivity index (χ3v) is 3.06. The topological polar surface area (TPSA) is 94.9 Å². The summed E-state index contributed by atoms with van der Waals surface area (Å²) in [5.41, 5.74) is 0. The highest BCUT2D eigenvalue weighted by molar-refractivity contribution is 6.10. The molecular formula is C9H11NO5. The summed E-state index contributed by atoms with van der Waals surface area (Å²) in [6.45, 7) is 1.47. The number of Topliss-reactive ketones (excluding diaryl/α,β-unsaturated/α-hetero) is 1. The van der Waals surface area contributed by atoms with Gasteiger partial charge in [-0.05, 0) is 6.92 Å². The molecule has 2 N–H and O–H groups in total. The number of aliphatic hydroxyl groups excluding tert-OH is 1. The highest BCUT2D eigenvalue weighted by atomic mass is 16.4. The van der Waals surface area contributed by atoms with Crippen molar-refractivity contribution in [3.05, 3.63) is 0 Å². The Hall–Kier alpha value is -1.43. The van der Waals surface area contributed by atoms with Crippen molar-refractivity contribution in [2.45, 2.75) is 31.5 Å². The molecule has 0 aromatic rings. The van der Waals surface area contributed by atoms with Gasteiger partial charge in [-0.1, -0.05) is 0 Å². The van der Waals surface area contributed by atoms with Crippen LogP contribution in [0.2, 0.25) is 0 Å². The monoisotopic (exact) mass is 213 g/mol. The van der Waals surface area contributed by atoms with Crippen LogP contribution in [-0.4, -0.2) is 51.0 Å². The van der Waals surface area contributed by atoms with E-state index >= 15 is 0 Å². The van der Waals surface area contributed by atoms with Crippen LogP contribution < -0.4 is 0 Å². The Balaban J connectivity index is 2.23. The molecule has 2 aliphatic heterocycles. The smallest absolute Gasteiger partial charge is 0.334 e. The van der Waals surface area contributed by atoms with Crippen LogP contribution in [0.25, 0.3) is 0 Å². The Morgan fingerprint density at radius 3 is 2.60 bits per heavy atom. The summed E-state index contributed by atoms with van der Waals surface area (Å²) < 4.78 is 0. The van der Waals surface area contributed by atoms with Crippen molar-refractivity contribution in [2.75, 3.05) is 0 Å². The van der Waals surface area contributed by atoms with Gasteiger partial charge in [-0.2, -0.15) is 0 Å². The first kappa shape index (κ1) is 10.1. The van der Waals surface area contributed by atoms with Crippen molar-refractivity contribution in [3.63, 3.8) is 0 Å². The van der Waals surface area contributed by atoms with E-state index in [9.17, 15) is 19.5 Å². The second kappa shape index (κ2) is 3.03. The van der Waals surface area contributed by atoms with Gasteiger partial charge in [0.15, 0.2) is 11.8 Å². The number of aliphatic carboxylic acids is 1. The van der Waals surface area contributed by atoms with Crippen LogP contribution in [0.1, 0.15) is 13.3 Å². The van der Waals surface area contributed by atoms with Crippen LogP contribution in [-0.2, 0) is 14.4 Å². The highest BCUT2D eigenvalue weighted by Gasteiger charge is 2.60. The minimum atomic E-state index is -1.34. The van der Waals surface area contributed by atoms with Gasteiger partial charge in [0.2, 0.25) is 5.91 Å². The molecule has 0 aliphatic carbocycles. The second-order valence-electron chi connectivity index (χ2n) is 3.99. The van der Waals surface area contributed by atoms with E-state index in [1.807, 2.05) is 0 Å². The highest BCUT2D eigenvalue weighted by Crippen LogP contribution is 2.39. The van der Waals surface area contributed by atoms with Crippen molar-refractivity contribution in [2.24, 2.45) is 5.92 Å². The van der Waals surface area contributed by atoms with Crippen molar-refractivity contribution < 1.29 is 24.6 Å². The second-order valence-corrected chi connectivity index (χ2v) is 3.99. The molecule has 0 aromatic heterocycles. The number of carboxylic acid groups (broad SMARTS) is 1. The van der Waals surface area contributed by atoms with Crippen LogP contribution in [0.15, 0.2) is 0 Å². The maximum absolute atomic E-state index is 11.5. The number of hydrogen-bond donors (Lipinski definition) is 2. The Morgan fingerprint density at radius 2 is 2.13 bits per heavy atom. The van der Waals surface area contributed by atoms with Gasteiger partial charge in [0.25, 0.3) is 0 Å². The Bertz CT molecular complexity index is 350. The molecule has 0 spiro atoms. The summed E-state index contributed by atoms with van der Waals surface area (Å²) in [5.74, 6) is -2.80. The lowest BCUT2D eigenvalue weighted by Crippen LogP contribution is -2.64. The number of β-lactam (4-membered cyclic amide) rings is 1. The molecule has 4 atom stereocenters. The number of carbonyl (C=O) groups excluding carboxylic acids is 2. The zero-order valence-electron chi connectivity index (χ0n) is 8.08. The molecular weight excluding hydrogens is 202 g/mol. The number of carbonyl (C=O) groups is 3. The maximum atomic E-state index is 11.5. The number of hydrogen-bond acceptors (Lipinski definition) is 4. The van der Waals surface area contributed by atoms with E-state index in [0.717, 1.165) is 4.90 Å². The molecule has 0 aromatic carbocycles. The molecule has 2 saturated heterocycles. The predicted molar refractivity (Wildman–Crippen MR) is 46.9 cm³/mol. The molecule has 0 radical (unpaired) electrons. The first-order valence-electron chi connectivity index (χ1n) is 4.71. The minimum Gasteiger partial charge on any atom is -0.479 e. The standard InChI is InChI=1S/C9H11NO5/c1-3(11)6-4-2-5(12)7(9(14)15)10(4)8(6)13/h3-4,6-7,11H,2H2,1H3,(H,14,15)/t3-,4?,6-,7?/m1/s1. The Kier molecular flexibility index (Phi) is 2.04. The quantitative estimate of drug-likeness (QED) is 0.435. The molecule has 2 fully saturated rings. The molecule has 82 valence electrons. The van der Waals surface area contributed by atoms with Gasteiger partial charge in [0.05, 0.1) is 18.1 Å². The lowest BCUT2D eigenvalue weighted by atomic mass is 9.84. The fourth-order valence-corrected chi connectivity index (χ4v) is 2.39. The molecule has 15 heavy (non-hydrogen) atoms. The number of ketones is 1. The number of aliphatic hydroxyl groups is 1. The summed E-state index contributed by atoms with van der Waals surface area (Å²) >= 11 is 0. The SMILES string of the molecule is C[C@@H](O)[C@H]1C(=O)N2C(C(=O)O)C(=O)CC12. The molecule has 2 unspecified atom stereocenters. The summed E-state index contributed by atoms with van der Waals surface area (Å²) in [4.78, 5) is 34.6. The molecule has 2 rings (SSSR count). The molecule has 6 heteroatoms. The lowest BCUT2D eigenvalue weighted by molar-refractivity contribution is -0.170. The number of fused-ring (bicyclic) bond motifs is 1. The predicted octanol–water partition coefficient (Wildman–Crippen LogP) is -1.38. The normalized spacial score (nSPS) is 36.1. The maximum Gasteiger partial charge on any atom is 0.334 e. The zero-order chi connectivity index (χ0) is 11.3. The molecule has 0 saturated carbocycles. The Morgan fingerprint density at radius 1 is 1.53 bits per heavy atom. The third-order valence-electron chi connectivity index (χ3n) is 3.06. The minimum absolute atomic E-state index is 0.0400. The fraction of sp³-hybridized carbons (Fsp3) is 0.667. The van der Waals surface area contributed by atoms with Gasteiger partial charge in [-0.25, -0.2) is 4.79 Å². The third kappa shape index (κ3) is 1.18. The van der Waals surface area contributed by atoms with E-state index in [-0.39, 0.29) is 6.42 Å². The summed E-state index contributed by atoms with van der Waals surface area (Å²) in [5, 5.41) is 18.1. The van der Waals surface area contributed by atoms with Gasteiger partial charge >= 0.3 is 5.97 Å². The average molecular weight is 213 g/mol. The number of nitrogens with zero attached hydrogens (tertiary/aromatic N) is 1. The van der Waals surface area contributed by atoms with Crippen LogP contribution in [0.3, 0.4) is 0 Å². The lowest BCUT2D eigenvalue weighted by Gasteiger charge is -2.44. The van der Waals surface area contributed by atoms with Gasteiger partial charge in [-0.3, -0.25) is 9.59 Å². The van der Waals surface area contributed by atoms with E-state index in [1.165, 1.54) is 6.92 Å². The fourth-order valence-electron chi connectivity index (χ4n) is 2.39. The first-order valence-corrected chi connectivity index (χ1v) is 4.71. The van der Waals surface area contributed by atoms with Gasteiger partial charge in [0, 0.05) is 6.42 Å². The average Bonchev–Trinajstić information content (AvgIpc) is 2.38. The molecule has 2 heterocycles. The summed E-state index contributed by atoms with van der Waals surface area (Å²) in [7, 11) is 0. The van der Waals surface area contributed by atoms with Gasteiger partial charge in [0.1, 0.15) is 0 Å². The largest absolute Gasteiger partial charge is 0.479 e. The van der Waals surface area contributed by atoms with Crippen molar-refractivity contribution in [3.8, 4) is 0 Å². The summed E-state index contributed by atoms with van der Waals surface area (Å²) in [6, 6.07) is -1.76. The van der Waals surface area contributed by atoms with Crippen molar-refractivity contribution in [1.82, 2.24) is 4.90 Å².